The number of nitrogens with zero attached hydrogens (tertiary/aromatic N) is 2. The second-order valence-electron chi connectivity index (χ2n) is 5.18. The summed E-state index contributed by atoms with van der Waals surface area (Å²) in [5.41, 5.74) is 1.44. The largest absolute Gasteiger partial charge is 0.497 e. The van der Waals surface area contributed by atoms with E-state index in [-0.39, 0.29) is 5.56 Å². The summed E-state index contributed by atoms with van der Waals surface area (Å²) in [6.45, 7) is 0. The van der Waals surface area contributed by atoms with Crippen LogP contribution in [0.25, 0.3) is 22.0 Å². The predicted molar refractivity (Wildman–Crippen MR) is 95.5 cm³/mol. The molecular formula is C17H14Cl2N2O3. The molecule has 0 amide bonds. The van der Waals surface area contributed by atoms with Crippen molar-refractivity contribution >= 4 is 34.1 Å². The van der Waals surface area contributed by atoms with Gasteiger partial charge in [0.2, 0.25) is 0 Å². The summed E-state index contributed by atoms with van der Waals surface area (Å²) in [7, 11) is 4.72. The second-order valence-corrected chi connectivity index (χ2v) is 5.94. The molecule has 3 aromatic rings. The highest BCUT2D eigenvalue weighted by atomic mass is 35.5. The van der Waals surface area contributed by atoms with E-state index in [0.717, 1.165) is 5.39 Å². The maximum absolute atomic E-state index is 12.8. The van der Waals surface area contributed by atoms with Crippen LogP contribution in [0.3, 0.4) is 0 Å². The van der Waals surface area contributed by atoms with Crippen LogP contribution >= 0.6 is 23.2 Å². The molecule has 0 aliphatic heterocycles. The third-order valence-electron chi connectivity index (χ3n) is 3.83. The number of hydrogen-bond donors (Lipinski definition) is 0. The molecule has 2 aromatic heterocycles. The van der Waals surface area contributed by atoms with E-state index in [9.17, 15) is 4.79 Å². The minimum atomic E-state index is -0.207. The molecule has 0 N–H and O–H groups in total. The Balaban J connectivity index is 2.37. The van der Waals surface area contributed by atoms with Gasteiger partial charge in [0, 0.05) is 35.8 Å². The SMILES string of the molecule is COc1cc(OC)c(Cl)c(-c2cc3cnc(Cl)cc3n(C)c2=O)c1. The monoisotopic (exact) mass is 364 g/mol. The number of fused-ring (bicyclic) bond motifs is 1. The first-order valence-corrected chi connectivity index (χ1v) is 7.79. The van der Waals surface area contributed by atoms with Gasteiger partial charge in [-0.2, -0.15) is 0 Å². The number of aromatic nitrogens is 2. The Morgan fingerprint density at radius 2 is 1.79 bits per heavy atom. The highest BCUT2D eigenvalue weighted by Crippen LogP contribution is 2.38. The molecule has 0 spiro atoms. The van der Waals surface area contributed by atoms with E-state index in [1.165, 1.54) is 18.8 Å². The van der Waals surface area contributed by atoms with Crippen LogP contribution in [0.5, 0.6) is 11.5 Å². The summed E-state index contributed by atoms with van der Waals surface area (Å²) >= 11 is 12.3. The highest BCUT2D eigenvalue weighted by Gasteiger charge is 2.17. The topological polar surface area (TPSA) is 53.4 Å². The lowest BCUT2D eigenvalue weighted by Crippen LogP contribution is -2.19. The molecule has 0 saturated carbocycles. The van der Waals surface area contributed by atoms with E-state index < -0.39 is 0 Å². The van der Waals surface area contributed by atoms with Crippen molar-refractivity contribution in [2.24, 2.45) is 7.05 Å². The number of aryl methyl sites for hydroxylation is 1. The smallest absolute Gasteiger partial charge is 0.258 e. The Kier molecular flexibility index (Phi) is 4.39. The van der Waals surface area contributed by atoms with Crippen LogP contribution in [0.2, 0.25) is 10.2 Å². The van der Waals surface area contributed by atoms with Crippen molar-refractivity contribution in [2.45, 2.75) is 0 Å². The molecule has 5 nitrogen and oxygen atoms in total. The number of methoxy groups -OCH3 is 2. The quantitative estimate of drug-likeness (QED) is 0.660. The Morgan fingerprint density at radius 3 is 2.46 bits per heavy atom. The van der Waals surface area contributed by atoms with Gasteiger partial charge in [-0.05, 0) is 18.2 Å². The first-order valence-electron chi connectivity index (χ1n) is 7.03. The Morgan fingerprint density at radius 1 is 1.04 bits per heavy atom. The van der Waals surface area contributed by atoms with Crippen LogP contribution in [0.1, 0.15) is 0 Å². The number of benzene rings is 1. The Bertz CT molecular complexity index is 999. The van der Waals surface area contributed by atoms with Crippen molar-refractivity contribution in [2.75, 3.05) is 14.2 Å². The molecule has 7 heteroatoms. The third kappa shape index (κ3) is 2.70. The van der Waals surface area contributed by atoms with Gasteiger partial charge in [0.25, 0.3) is 5.56 Å². The standard InChI is InChI=1S/C17H14Cl2N2O3/c1-21-13-7-15(18)20-8-9(13)4-12(17(21)22)11-5-10(23-2)6-14(24-3)16(11)19/h4-8H,1-3H3. The van der Waals surface area contributed by atoms with Crippen molar-refractivity contribution in [1.29, 1.82) is 0 Å². The third-order valence-corrected chi connectivity index (χ3v) is 4.43. The van der Waals surface area contributed by atoms with Gasteiger partial charge in [-0.3, -0.25) is 4.79 Å². The molecular weight excluding hydrogens is 351 g/mol. The predicted octanol–water partition coefficient (Wildman–Crippen LogP) is 3.92. The molecule has 0 atom stereocenters. The average Bonchev–Trinajstić information content (AvgIpc) is 2.59. The molecule has 0 saturated heterocycles. The van der Waals surface area contributed by atoms with Crippen LogP contribution in [0, 0.1) is 0 Å². The fourth-order valence-corrected chi connectivity index (χ4v) is 3.01. The summed E-state index contributed by atoms with van der Waals surface area (Å²) in [5.74, 6) is 0.977. The molecule has 3 rings (SSSR count). The van der Waals surface area contributed by atoms with Crippen LogP contribution in [0.15, 0.2) is 35.3 Å². The van der Waals surface area contributed by atoms with E-state index in [1.54, 1.807) is 37.5 Å². The van der Waals surface area contributed by atoms with Gasteiger partial charge >= 0.3 is 0 Å². The Labute approximate surface area is 148 Å². The molecule has 124 valence electrons. The summed E-state index contributed by atoms with van der Waals surface area (Å²) in [6, 6.07) is 6.76. The van der Waals surface area contributed by atoms with E-state index in [0.29, 0.717) is 38.3 Å². The minimum Gasteiger partial charge on any atom is -0.497 e. The summed E-state index contributed by atoms with van der Waals surface area (Å²) in [6.07, 6.45) is 1.62. The zero-order valence-electron chi connectivity index (χ0n) is 13.3. The van der Waals surface area contributed by atoms with Crippen molar-refractivity contribution in [1.82, 2.24) is 9.55 Å². The highest BCUT2D eigenvalue weighted by molar-refractivity contribution is 6.35. The lowest BCUT2D eigenvalue weighted by molar-refractivity contribution is 0.395. The van der Waals surface area contributed by atoms with Crippen LogP contribution in [0.4, 0.5) is 0 Å². The number of halogens is 2. The van der Waals surface area contributed by atoms with Crippen LogP contribution in [-0.4, -0.2) is 23.8 Å². The summed E-state index contributed by atoms with van der Waals surface area (Å²) < 4.78 is 12.1. The molecule has 24 heavy (non-hydrogen) atoms. The summed E-state index contributed by atoms with van der Waals surface area (Å²) in [5, 5.41) is 1.44. The van der Waals surface area contributed by atoms with Gasteiger partial charge in [0.15, 0.2) is 0 Å². The molecule has 0 aliphatic carbocycles. The van der Waals surface area contributed by atoms with Gasteiger partial charge in [-0.25, -0.2) is 4.98 Å². The molecule has 1 aromatic carbocycles. The lowest BCUT2D eigenvalue weighted by Gasteiger charge is -2.13. The average molecular weight is 365 g/mol. The first-order chi connectivity index (χ1) is 11.5. The second kappa shape index (κ2) is 6.34. The van der Waals surface area contributed by atoms with E-state index in [1.807, 2.05) is 0 Å². The van der Waals surface area contributed by atoms with Crippen molar-refractivity contribution in [3.8, 4) is 22.6 Å². The number of pyridine rings is 2. The van der Waals surface area contributed by atoms with E-state index >= 15 is 0 Å². The Hall–Kier alpha value is -2.24. The lowest BCUT2D eigenvalue weighted by atomic mass is 10.0. The van der Waals surface area contributed by atoms with Crippen molar-refractivity contribution in [3.63, 3.8) is 0 Å². The first kappa shape index (κ1) is 16.6. The minimum absolute atomic E-state index is 0.207. The van der Waals surface area contributed by atoms with E-state index in [4.69, 9.17) is 32.7 Å². The zero-order valence-corrected chi connectivity index (χ0v) is 14.8. The van der Waals surface area contributed by atoms with Gasteiger partial charge in [-0.15, -0.1) is 0 Å². The molecule has 0 bridgehead atoms. The maximum Gasteiger partial charge on any atom is 0.258 e. The van der Waals surface area contributed by atoms with Gasteiger partial charge in [-0.1, -0.05) is 23.2 Å². The fourth-order valence-electron chi connectivity index (χ4n) is 2.57. The number of ether oxygens (including phenoxy) is 2. The maximum atomic E-state index is 12.8. The number of rotatable bonds is 3. The van der Waals surface area contributed by atoms with Crippen molar-refractivity contribution in [3.05, 3.63) is 51.0 Å². The molecule has 0 fully saturated rings. The van der Waals surface area contributed by atoms with Crippen molar-refractivity contribution < 1.29 is 9.47 Å². The van der Waals surface area contributed by atoms with Gasteiger partial charge < -0.3 is 14.0 Å². The molecule has 0 aliphatic rings. The molecule has 0 unspecified atom stereocenters. The number of hydrogen-bond acceptors (Lipinski definition) is 4. The van der Waals surface area contributed by atoms with Gasteiger partial charge in [0.05, 0.1) is 24.8 Å². The molecule has 0 radical (unpaired) electrons. The zero-order chi connectivity index (χ0) is 17.4. The van der Waals surface area contributed by atoms with Gasteiger partial charge in [0.1, 0.15) is 16.7 Å². The fraction of sp³-hybridized carbons (Fsp3) is 0.176. The van der Waals surface area contributed by atoms with Crippen LogP contribution in [-0.2, 0) is 7.05 Å². The summed E-state index contributed by atoms with van der Waals surface area (Å²) in [4.78, 5) is 16.9. The van der Waals surface area contributed by atoms with Crippen LogP contribution < -0.4 is 15.0 Å². The normalized spacial score (nSPS) is 10.9. The van der Waals surface area contributed by atoms with E-state index in [2.05, 4.69) is 4.98 Å². The molecule has 2 heterocycles.